The fourth-order valence-electron chi connectivity index (χ4n) is 2.93. The molecular formula is C20H28IN5OS. The van der Waals surface area contributed by atoms with Gasteiger partial charge in [0.2, 0.25) is 5.91 Å². The third-order valence-electron chi connectivity index (χ3n) is 4.33. The number of rotatable bonds is 6. The molecule has 1 amide bonds. The van der Waals surface area contributed by atoms with Crippen molar-refractivity contribution in [3.63, 3.8) is 0 Å². The van der Waals surface area contributed by atoms with E-state index in [0.717, 1.165) is 36.8 Å². The van der Waals surface area contributed by atoms with Crippen LogP contribution in [0.2, 0.25) is 0 Å². The quantitative estimate of drug-likeness (QED) is 0.316. The number of nitrogens with one attached hydrogen (secondary N) is 3. The molecule has 2 heterocycles. The molecule has 0 bridgehead atoms. The Labute approximate surface area is 187 Å². The second-order valence-corrected chi connectivity index (χ2v) is 7.87. The normalized spacial score (nSPS) is 14.3. The number of anilines is 1. The topological polar surface area (TPSA) is 68.8 Å². The van der Waals surface area contributed by atoms with Gasteiger partial charge in [-0.25, -0.2) is 4.99 Å². The number of carbonyl (C=O) groups is 1. The number of halogens is 1. The van der Waals surface area contributed by atoms with Gasteiger partial charge in [-0.1, -0.05) is 12.1 Å². The number of guanidine groups is 1. The molecule has 1 aliphatic rings. The van der Waals surface area contributed by atoms with E-state index in [0.29, 0.717) is 19.6 Å². The zero-order valence-corrected chi connectivity index (χ0v) is 19.5. The van der Waals surface area contributed by atoms with Gasteiger partial charge in [-0.3, -0.25) is 4.79 Å². The highest BCUT2D eigenvalue weighted by molar-refractivity contribution is 14.0. The summed E-state index contributed by atoms with van der Waals surface area (Å²) in [6.45, 7) is 8.37. The monoisotopic (exact) mass is 513 g/mol. The lowest BCUT2D eigenvalue weighted by molar-refractivity contribution is -0.120. The fraction of sp³-hybridized carbons (Fsp3) is 0.400. The third kappa shape index (κ3) is 6.66. The van der Waals surface area contributed by atoms with Crippen LogP contribution in [0.3, 0.4) is 0 Å². The number of hydrogen-bond acceptors (Lipinski definition) is 4. The van der Waals surface area contributed by atoms with Crippen molar-refractivity contribution in [2.45, 2.75) is 26.9 Å². The number of amides is 1. The highest BCUT2D eigenvalue weighted by Gasteiger charge is 2.16. The molecule has 1 aromatic heterocycles. The van der Waals surface area contributed by atoms with Crippen LogP contribution in [0.5, 0.6) is 0 Å². The summed E-state index contributed by atoms with van der Waals surface area (Å²) in [6, 6.07) is 12.6. The maximum absolute atomic E-state index is 11.5. The number of aliphatic imine (C=N–C) groups is 1. The van der Waals surface area contributed by atoms with Crippen LogP contribution in [0.25, 0.3) is 0 Å². The largest absolute Gasteiger partial charge is 0.360 e. The summed E-state index contributed by atoms with van der Waals surface area (Å²) in [5, 5.41) is 9.53. The number of piperazine rings is 1. The molecule has 28 heavy (non-hydrogen) atoms. The Balaban J connectivity index is 0.00000280. The van der Waals surface area contributed by atoms with E-state index in [2.05, 4.69) is 76.1 Å². The van der Waals surface area contributed by atoms with Crippen molar-refractivity contribution < 1.29 is 4.79 Å². The average molecular weight is 513 g/mol. The predicted molar refractivity (Wildman–Crippen MR) is 128 cm³/mol. The molecule has 0 saturated carbocycles. The zero-order valence-electron chi connectivity index (χ0n) is 16.3. The molecule has 1 aromatic carbocycles. The minimum atomic E-state index is 0. The van der Waals surface area contributed by atoms with Crippen LogP contribution >= 0.6 is 35.3 Å². The van der Waals surface area contributed by atoms with E-state index in [1.807, 2.05) is 0 Å². The smallest absolute Gasteiger partial charge is 0.239 e. The van der Waals surface area contributed by atoms with Gasteiger partial charge < -0.3 is 20.9 Å². The second kappa shape index (κ2) is 11.3. The van der Waals surface area contributed by atoms with Crippen molar-refractivity contribution >= 4 is 52.9 Å². The van der Waals surface area contributed by atoms with E-state index in [-0.39, 0.29) is 29.9 Å². The van der Waals surface area contributed by atoms with Gasteiger partial charge in [0.1, 0.15) is 0 Å². The van der Waals surface area contributed by atoms with E-state index in [1.54, 1.807) is 11.3 Å². The van der Waals surface area contributed by atoms with Crippen LogP contribution in [-0.4, -0.2) is 38.0 Å². The van der Waals surface area contributed by atoms with Gasteiger partial charge in [0.05, 0.1) is 19.6 Å². The maximum atomic E-state index is 11.5. The first kappa shape index (κ1) is 22.5. The van der Waals surface area contributed by atoms with Gasteiger partial charge in [0, 0.05) is 35.1 Å². The number of nitrogens with zero attached hydrogens (tertiary/aromatic N) is 2. The van der Waals surface area contributed by atoms with Gasteiger partial charge in [0.25, 0.3) is 0 Å². The van der Waals surface area contributed by atoms with E-state index in [1.165, 1.54) is 9.75 Å². The Morgan fingerprint density at radius 3 is 2.64 bits per heavy atom. The fourth-order valence-corrected chi connectivity index (χ4v) is 3.76. The van der Waals surface area contributed by atoms with E-state index in [9.17, 15) is 4.79 Å². The molecule has 0 atom stereocenters. The predicted octanol–water partition coefficient (Wildman–Crippen LogP) is 2.87. The lowest BCUT2D eigenvalue weighted by Crippen LogP contribution is -2.47. The summed E-state index contributed by atoms with van der Waals surface area (Å²) in [5.41, 5.74) is 2.22. The lowest BCUT2D eigenvalue weighted by Gasteiger charge is -2.28. The molecule has 3 N–H and O–H groups in total. The molecule has 0 radical (unpaired) electrons. The zero-order chi connectivity index (χ0) is 19.1. The van der Waals surface area contributed by atoms with Gasteiger partial charge in [-0.05, 0) is 43.7 Å². The minimum Gasteiger partial charge on any atom is -0.360 e. The summed E-state index contributed by atoms with van der Waals surface area (Å²) >= 11 is 1.80. The molecule has 0 spiro atoms. The van der Waals surface area contributed by atoms with Crippen molar-refractivity contribution in [3.8, 4) is 0 Å². The van der Waals surface area contributed by atoms with Crippen LogP contribution in [0, 0.1) is 6.92 Å². The molecule has 2 aromatic rings. The first-order chi connectivity index (χ1) is 13.1. The second-order valence-electron chi connectivity index (χ2n) is 6.50. The number of benzene rings is 1. The Bertz CT molecular complexity index is 790. The summed E-state index contributed by atoms with van der Waals surface area (Å²) in [6.07, 6.45) is 0. The molecule has 8 heteroatoms. The highest BCUT2D eigenvalue weighted by atomic mass is 127. The third-order valence-corrected chi connectivity index (χ3v) is 5.33. The van der Waals surface area contributed by atoms with E-state index in [4.69, 9.17) is 0 Å². The number of aryl methyl sites for hydroxylation is 1. The molecule has 0 unspecified atom stereocenters. The first-order valence-electron chi connectivity index (χ1n) is 9.32. The summed E-state index contributed by atoms with van der Waals surface area (Å²) in [5.74, 6) is 0.901. The highest BCUT2D eigenvalue weighted by Crippen LogP contribution is 2.17. The van der Waals surface area contributed by atoms with Gasteiger partial charge in [-0.2, -0.15) is 0 Å². The van der Waals surface area contributed by atoms with Crippen molar-refractivity contribution in [2.75, 3.05) is 31.1 Å². The molecule has 0 aliphatic carbocycles. The van der Waals surface area contributed by atoms with Crippen LogP contribution < -0.4 is 20.9 Å². The molecule has 152 valence electrons. The van der Waals surface area contributed by atoms with E-state index < -0.39 is 0 Å². The molecular weight excluding hydrogens is 485 g/mol. The van der Waals surface area contributed by atoms with Crippen LogP contribution in [-0.2, 0) is 17.9 Å². The Morgan fingerprint density at radius 1 is 1.21 bits per heavy atom. The Morgan fingerprint density at radius 2 is 2.00 bits per heavy atom. The molecule has 1 fully saturated rings. The van der Waals surface area contributed by atoms with Crippen molar-refractivity contribution in [1.82, 2.24) is 16.0 Å². The molecule has 1 saturated heterocycles. The lowest BCUT2D eigenvalue weighted by atomic mass is 10.2. The Kier molecular flexibility index (Phi) is 9.04. The van der Waals surface area contributed by atoms with Crippen molar-refractivity contribution in [2.24, 2.45) is 4.99 Å². The standard InChI is InChI=1S/C20H27N5OS.HI/c1-3-21-20(24-13-18-9-4-15(2)27-18)23-12-16-5-7-17(8-6-16)25-11-10-22-19(26)14-25;/h4-9H,3,10-14H2,1-2H3,(H,22,26)(H2,21,23,24);1H. The van der Waals surface area contributed by atoms with Crippen molar-refractivity contribution in [1.29, 1.82) is 0 Å². The molecule has 3 rings (SSSR count). The number of thiophene rings is 1. The first-order valence-corrected chi connectivity index (χ1v) is 10.1. The van der Waals surface area contributed by atoms with Gasteiger partial charge in [0.15, 0.2) is 5.96 Å². The van der Waals surface area contributed by atoms with Crippen LogP contribution in [0.1, 0.15) is 22.2 Å². The van der Waals surface area contributed by atoms with Crippen LogP contribution in [0.15, 0.2) is 41.4 Å². The minimum absolute atomic E-state index is 0. The van der Waals surface area contributed by atoms with Gasteiger partial charge in [-0.15, -0.1) is 35.3 Å². The molecule has 1 aliphatic heterocycles. The summed E-state index contributed by atoms with van der Waals surface area (Å²) in [4.78, 5) is 20.9. The van der Waals surface area contributed by atoms with Crippen LogP contribution in [0.4, 0.5) is 5.69 Å². The average Bonchev–Trinajstić information content (AvgIpc) is 3.10. The van der Waals surface area contributed by atoms with Crippen molar-refractivity contribution in [3.05, 3.63) is 51.7 Å². The maximum Gasteiger partial charge on any atom is 0.239 e. The number of hydrogen-bond donors (Lipinski definition) is 3. The Hall–Kier alpha value is -1.81. The van der Waals surface area contributed by atoms with E-state index >= 15 is 0 Å². The number of carbonyl (C=O) groups excluding carboxylic acids is 1. The van der Waals surface area contributed by atoms with Gasteiger partial charge >= 0.3 is 0 Å². The molecule has 6 nitrogen and oxygen atoms in total. The summed E-state index contributed by atoms with van der Waals surface area (Å²) in [7, 11) is 0. The summed E-state index contributed by atoms with van der Waals surface area (Å²) < 4.78 is 0. The SMILES string of the molecule is CCNC(=NCc1ccc(N2CCNC(=O)C2)cc1)NCc1ccc(C)s1.I.